The predicted octanol–water partition coefficient (Wildman–Crippen LogP) is 6.54. The Hall–Kier alpha value is -3.56. The van der Waals surface area contributed by atoms with Crippen LogP contribution in [0.2, 0.25) is 0 Å². The van der Waals surface area contributed by atoms with E-state index in [4.69, 9.17) is 18.6 Å². The number of amides is 3. The van der Waals surface area contributed by atoms with E-state index in [1.807, 2.05) is 12.1 Å². The summed E-state index contributed by atoms with van der Waals surface area (Å²) in [5.74, 6) is -0.813. The van der Waals surface area contributed by atoms with E-state index < -0.39 is 46.7 Å². The standard InChI is InChI=1S/C33H48N2O8/c1-9-11-13-14-17-34-18-16-26(23-19-25(40-21-23)15-12-10-2)33(27(34)36)20-24(22-41-30(39)43-32(6,7)8)35(28(33)37)29(38)42-31(3,4)5/h9-10,19,21,24,26H,1-2,11-18,20,22H2,3-8H3/t24?,26-,33+/m0/s1. The largest absolute Gasteiger partial charge is 0.508 e. The molecule has 3 amide bonds. The number of nitrogens with zero attached hydrogens (tertiary/aromatic N) is 2. The van der Waals surface area contributed by atoms with Crippen LogP contribution < -0.4 is 0 Å². The number of piperidine rings is 1. The van der Waals surface area contributed by atoms with Gasteiger partial charge in [-0.05, 0) is 91.7 Å². The van der Waals surface area contributed by atoms with Gasteiger partial charge in [-0.1, -0.05) is 12.2 Å². The summed E-state index contributed by atoms with van der Waals surface area (Å²) in [6, 6.07) is 0.952. The topological polar surface area (TPSA) is 116 Å². The molecule has 238 valence electrons. The molecule has 2 aliphatic rings. The molecule has 0 aromatic carbocycles. The van der Waals surface area contributed by atoms with Crippen molar-refractivity contribution < 1.29 is 37.8 Å². The van der Waals surface area contributed by atoms with Crippen molar-refractivity contribution in [3.05, 3.63) is 49.0 Å². The first-order chi connectivity index (χ1) is 20.1. The molecule has 3 atom stereocenters. The Morgan fingerprint density at radius 1 is 1.02 bits per heavy atom. The molecular weight excluding hydrogens is 552 g/mol. The highest BCUT2D eigenvalue weighted by atomic mass is 16.7. The number of ether oxygens (including phenoxy) is 3. The van der Waals surface area contributed by atoms with Gasteiger partial charge in [0.05, 0.1) is 12.3 Å². The number of carbonyl (C=O) groups excluding carboxylic acids is 4. The monoisotopic (exact) mass is 600 g/mol. The third-order valence-electron chi connectivity index (χ3n) is 7.61. The van der Waals surface area contributed by atoms with E-state index in [9.17, 15) is 19.2 Å². The molecular formula is C33H48N2O8. The SMILES string of the molecule is C=CCCCCN1CC[C@@H](c2coc(CCC=C)c2)[C@]2(CC(COC(=O)OC(C)(C)C)N(C(=O)OC(C)(C)C)C2=O)C1=O. The Morgan fingerprint density at radius 2 is 1.70 bits per heavy atom. The van der Waals surface area contributed by atoms with Gasteiger partial charge in [0.25, 0.3) is 0 Å². The number of hydrogen-bond acceptors (Lipinski definition) is 8. The second-order valence-corrected chi connectivity index (χ2v) is 13.4. The number of furan rings is 1. The summed E-state index contributed by atoms with van der Waals surface area (Å²) in [5.41, 5.74) is -2.57. The number of imide groups is 1. The number of hydrogen-bond donors (Lipinski definition) is 0. The van der Waals surface area contributed by atoms with Gasteiger partial charge in [-0.2, -0.15) is 0 Å². The average molecular weight is 601 g/mol. The summed E-state index contributed by atoms with van der Waals surface area (Å²) < 4.78 is 22.1. The lowest BCUT2D eigenvalue weighted by atomic mass is 9.66. The first kappa shape index (κ1) is 33.9. The van der Waals surface area contributed by atoms with Crippen LogP contribution in [0.15, 0.2) is 42.1 Å². The smallest absolute Gasteiger partial charge is 0.469 e. The lowest BCUT2D eigenvalue weighted by molar-refractivity contribution is -0.156. The summed E-state index contributed by atoms with van der Waals surface area (Å²) in [4.78, 5) is 57.7. The van der Waals surface area contributed by atoms with Crippen LogP contribution in [0.3, 0.4) is 0 Å². The fourth-order valence-electron chi connectivity index (χ4n) is 5.80. The summed E-state index contributed by atoms with van der Waals surface area (Å²) in [5, 5.41) is 0. The van der Waals surface area contributed by atoms with Crippen molar-refractivity contribution in [2.24, 2.45) is 5.41 Å². The minimum atomic E-state index is -1.60. The molecule has 2 fully saturated rings. The molecule has 1 aromatic rings. The fraction of sp³-hybridized carbons (Fsp3) is 0.636. The highest BCUT2D eigenvalue weighted by Crippen LogP contribution is 2.53. The molecule has 0 saturated carbocycles. The van der Waals surface area contributed by atoms with Crippen LogP contribution in [0.5, 0.6) is 0 Å². The van der Waals surface area contributed by atoms with E-state index in [0.717, 1.165) is 41.9 Å². The molecule has 1 aromatic heterocycles. The van der Waals surface area contributed by atoms with Crippen molar-refractivity contribution in [1.82, 2.24) is 9.80 Å². The maximum absolute atomic E-state index is 14.5. The van der Waals surface area contributed by atoms with Gasteiger partial charge in [0.2, 0.25) is 11.8 Å². The molecule has 1 spiro atoms. The lowest BCUT2D eigenvalue weighted by Gasteiger charge is -2.43. The minimum absolute atomic E-state index is 0.0340. The summed E-state index contributed by atoms with van der Waals surface area (Å²) >= 11 is 0. The van der Waals surface area contributed by atoms with Gasteiger partial charge in [0.15, 0.2) is 0 Å². The van der Waals surface area contributed by atoms with Crippen LogP contribution in [-0.2, 0) is 30.2 Å². The normalized spacial score (nSPS) is 22.6. The van der Waals surface area contributed by atoms with Gasteiger partial charge in [0, 0.05) is 25.4 Å². The van der Waals surface area contributed by atoms with Gasteiger partial charge in [-0.25, -0.2) is 14.5 Å². The van der Waals surface area contributed by atoms with Crippen molar-refractivity contribution in [2.75, 3.05) is 19.7 Å². The zero-order chi connectivity index (χ0) is 32.0. The predicted molar refractivity (Wildman–Crippen MR) is 161 cm³/mol. The van der Waals surface area contributed by atoms with Crippen molar-refractivity contribution in [1.29, 1.82) is 0 Å². The van der Waals surface area contributed by atoms with E-state index in [2.05, 4.69) is 13.2 Å². The van der Waals surface area contributed by atoms with Crippen LogP contribution in [0.25, 0.3) is 0 Å². The Morgan fingerprint density at radius 3 is 2.33 bits per heavy atom. The molecule has 1 unspecified atom stereocenters. The molecule has 0 N–H and O–H groups in total. The van der Waals surface area contributed by atoms with Crippen LogP contribution in [0, 0.1) is 5.41 Å². The lowest BCUT2D eigenvalue weighted by Crippen LogP contribution is -2.57. The molecule has 0 aliphatic carbocycles. The van der Waals surface area contributed by atoms with Crippen LogP contribution in [-0.4, -0.2) is 70.8 Å². The van der Waals surface area contributed by atoms with Gasteiger partial charge < -0.3 is 23.5 Å². The van der Waals surface area contributed by atoms with E-state index >= 15 is 0 Å². The average Bonchev–Trinajstić information content (AvgIpc) is 3.47. The molecule has 3 rings (SSSR count). The van der Waals surface area contributed by atoms with E-state index in [0.29, 0.717) is 25.9 Å². The zero-order valence-corrected chi connectivity index (χ0v) is 26.6. The Kier molecular flexibility index (Phi) is 10.9. The number of aryl methyl sites for hydroxylation is 1. The Labute approximate surface area is 255 Å². The zero-order valence-electron chi connectivity index (χ0n) is 26.6. The number of rotatable bonds is 11. The third kappa shape index (κ3) is 8.30. The minimum Gasteiger partial charge on any atom is -0.469 e. The van der Waals surface area contributed by atoms with E-state index in [1.54, 1.807) is 58.8 Å². The molecule has 2 saturated heterocycles. The van der Waals surface area contributed by atoms with Crippen LogP contribution in [0.4, 0.5) is 9.59 Å². The maximum Gasteiger partial charge on any atom is 0.508 e. The Balaban J connectivity index is 2.03. The van der Waals surface area contributed by atoms with Crippen molar-refractivity contribution in [2.45, 2.75) is 110 Å². The first-order valence-electron chi connectivity index (χ1n) is 15.1. The third-order valence-corrected chi connectivity index (χ3v) is 7.61. The molecule has 10 nitrogen and oxygen atoms in total. The van der Waals surface area contributed by atoms with Crippen molar-refractivity contribution in [3.8, 4) is 0 Å². The van der Waals surface area contributed by atoms with Crippen molar-refractivity contribution >= 4 is 24.1 Å². The number of unbranched alkanes of at least 4 members (excludes halogenated alkanes) is 2. The Bertz CT molecular complexity index is 1190. The highest BCUT2D eigenvalue weighted by molar-refractivity contribution is 6.12. The molecule has 10 heteroatoms. The molecule has 3 heterocycles. The summed E-state index contributed by atoms with van der Waals surface area (Å²) in [7, 11) is 0. The number of allylic oxidation sites excluding steroid dienone is 2. The fourth-order valence-corrected chi connectivity index (χ4v) is 5.80. The summed E-state index contributed by atoms with van der Waals surface area (Å²) in [6.07, 6.45) is 7.69. The van der Waals surface area contributed by atoms with Gasteiger partial charge in [-0.3, -0.25) is 9.59 Å². The van der Waals surface area contributed by atoms with Crippen LogP contribution >= 0.6 is 0 Å². The second kappa shape index (κ2) is 13.8. The van der Waals surface area contributed by atoms with Crippen LogP contribution in [0.1, 0.15) is 97.3 Å². The molecule has 0 radical (unpaired) electrons. The van der Waals surface area contributed by atoms with Crippen molar-refractivity contribution in [3.63, 3.8) is 0 Å². The van der Waals surface area contributed by atoms with Gasteiger partial charge >= 0.3 is 12.2 Å². The quantitative estimate of drug-likeness (QED) is 0.122. The second-order valence-electron chi connectivity index (χ2n) is 13.4. The maximum atomic E-state index is 14.5. The first-order valence-corrected chi connectivity index (χ1v) is 15.1. The number of carbonyl (C=O) groups is 4. The van der Waals surface area contributed by atoms with Gasteiger partial charge in [0.1, 0.15) is 29.0 Å². The van der Waals surface area contributed by atoms with E-state index in [-0.39, 0.29) is 18.9 Å². The van der Waals surface area contributed by atoms with E-state index in [1.165, 1.54) is 0 Å². The van der Waals surface area contributed by atoms with Gasteiger partial charge in [-0.15, -0.1) is 13.2 Å². The summed E-state index contributed by atoms with van der Waals surface area (Å²) in [6.45, 7) is 18.4. The highest BCUT2D eigenvalue weighted by Gasteiger charge is 2.65. The molecule has 0 bridgehead atoms. The molecule has 43 heavy (non-hydrogen) atoms. The number of likely N-dealkylation sites (tertiary alicyclic amines) is 2. The molecule has 2 aliphatic heterocycles.